The Labute approximate surface area is 197 Å². The largest absolute Gasteiger partial charge is 0.355 e. The molecule has 0 unspecified atom stereocenters. The maximum absolute atomic E-state index is 12.8. The van der Waals surface area contributed by atoms with E-state index in [9.17, 15) is 21.6 Å². The van der Waals surface area contributed by atoms with E-state index in [0.717, 1.165) is 10.0 Å². The lowest BCUT2D eigenvalue weighted by atomic mass is 9.97. The van der Waals surface area contributed by atoms with E-state index in [1.165, 1.54) is 16.4 Å². The molecule has 0 aliphatic carbocycles. The highest BCUT2D eigenvalue weighted by molar-refractivity contribution is 9.10. The molecule has 0 radical (unpaired) electrons. The van der Waals surface area contributed by atoms with E-state index in [1.54, 1.807) is 36.4 Å². The van der Waals surface area contributed by atoms with E-state index < -0.39 is 20.0 Å². The summed E-state index contributed by atoms with van der Waals surface area (Å²) in [7, 11) is -7.22. The Bertz CT molecular complexity index is 1140. The maximum atomic E-state index is 12.8. The third-order valence-corrected chi connectivity index (χ3v) is 9.24. The highest BCUT2D eigenvalue weighted by Crippen LogP contribution is 2.25. The van der Waals surface area contributed by atoms with E-state index in [2.05, 4.69) is 26.0 Å². The quantitative estimate of drug-likeness (QED) is 0.496. The highest BCUT2D eigenvalue weighted by Gasteiger charge is 2.32. The Morgan fingerprint density at radius 3 is 2.09 bits per heavy atom. The van der Waals surface area contributed by atoms with Crippen LogP contribution in [0.5, 0.6) is 0 Å². The minimum atomic E-state index is -3.63. The van der Waals surface area contributed by atoms with Crippen molar-refractivity contribution < 1.29 is 21.6 Å². The van der Waals surface area contributed by atoms with Crippen molar-refractivity contribution >= 4 is 41.9 Å². The van der Waals surface area contributed by atoms with Gasteiger partial charge in [0.2, 0.25) is 26.0 Å². The topological polar surface area (TPSA) is 113 Å². The molecule has 0 bridgehead atoms. The lowest BCUT2D eigenvalue weighted by Crippen LogP contribution is -2.44. The van der Waals surface area contributed by atoms with Gasteiger partial charge in [-0.2, -0.15) is 4.31 Å². The van der Waals surface area contributed by atoms with Gasteiger partial charge in [0.25, 0.3) is 0 Å². The van der Waals surface area contributed by atoms with Gasteiger partial charge < -0.3 is 5.32 Å². The summed E-state index contributed by atoms with van der Waals surface area (Å²) in [6, 6.07) is 13.0. The number of piperidine rings is 1. The Morgan fingerprint density at radius 1 is 0.938 bits per heavy atom. The number of benzene rings is 2. The van der Waals surface area contributed by atoms with Gasteiger partial charge in [0.1, 0.15) is 0 Å². The van der Waals surface area contributed by atoms with Gasteiger partial charge in [-0.1, -0.05) is 33.6 Å². The van der Waals surface area contributed by atoms with Gasteiger partial charge in [0, 0.05) is 36.6 Å². The van der Waals surface area contributed by atoms with Crippen molar-refractivity contribution in [1.29, 1.82) is 0 Å². The average molecular weight is 544 g/mol. The molecule has 0 aromatic heterocycles. The fourth-order valence-electron chi connectivity index (χ4n) is 3.43. The summed E-state index contributed by atoms with van der Waals surface area (Å²) < 4.78 is 54.7. The minimum absolute atomic E-state index is 0.0682. The van der Waals surface area contributed by atoms with Crippen molar-refractivity contribution in [1.82, 2.24) is 14.3 Å². The van der Waals surface area contributed by atoms with Crippen molar-refractivity contribution in [3.05, 3.63) is 58.6 Å². The van der Waals surface area contributed by atoms with Crippen LogP contribution >= 0.6 is 15.9 Å². The van der Waals surface area contributed by atoms with Crippen LogP contribution in [-0.4, -0.2) is 53.2 Å². The fourth-order valence-corrected chi connectivity index (χ4v) is 6.20. The lowest BCUT2D eigenvalue weighted by molar-refractivity contribution is -0.126. The zero-order valence-electron chi connectivity index (χ0n) is 17.6. The summed E-state index contributed by atoms with van der Waals surface area (Å²) in [5.41, 5.74) is 0.965. The fraction of sp³-hybridized carbons (Fsp3) is 0.381. The summed E-state index contributed by atoms with van der Waals surface area (Å²) in [6.45, 7) is 2.62. The maximum Gasteiger partial charge on any atom is 0.243 e. The molecule has 1 saturated heterocycles. The van der Waals surface area contributed by atoms with Gasteiger partial charge in [-0.3, -0.25) is 4.79 Å². The molecule has 2 aromatic carbocycles. The summed E-state index contributed by atoms with van der Waals surface area (Å²) in [5.74, 6) is -0.500. The van der Waals surface area contributed by atoms with Gasteiger partial charge in [-0.05, 0) is 56.2 Å². The summed E-state index contributed by atoms with van der Waals surface area (Å²) in [5, 5.41) is 2.74. The van der Waals surface area contributed by atoms with E-state index in [4.69, 9.17) is 0 Å². The van der Waals surface area contributed by atoms with Crippen LogP contribution in [0.1, 0.15) is 18.4 Å². The number of halogens is 1. The SMILES string of the molecule is Cc1ccc(S(=O)(=O)NCCNC(=O)C2CCN(S(=O)(=O)c3ccc(Br)cc3)CC2)cc1. The van der Waals surface area contributed by atoms with Gasteiger partial charge in [0.05, 0.1) is 9.79 Å². The number of carbonyl (C=O) groups excluding carboxylic acids is 1. The first-order valence-corrected chi connectivity index (χ1v) is 13.9. The second-order valence-electron chi connectivity index (χ2n) is 7.63. The van der Waals surface area contributed by atoms with Crippen molar-refractivity contribution in [3.63, 3.8) is 0 Å². The number of sulfonamides is 2. The van der Waals surface area contributed by atoms with Crippen LogP contribution in [0.25, 0.3) is 0 Å². The van der Waals surface area contributed by atoms with E-state index in [-0.39, 0.29) is 47.8 Å². The van der Waals surface area contributed by atoms with Crippen LogP contribution in [-0.2, 0) is 24.8 Å². The summed E-state index contributed by atoms with van der Waals surface area (Å²) in [6.07, 6.45) is 0.827. The summed E-state index contributed by atoms with van der Waals surface area (Å²) in [4.78, 5) is 12.8. The van der Waals surface area contributed by atoms with E-state index in [0.29, 0.717) is 12.8 Å². The Morgan fingerprint density at radius 2 is 1.50 bits per heavy atom. The molecule has 2 aromatic rings. The Hall–Kier alpha value is -1.79. The van der Waals surface area contributed by atoms with Gasteiger partial charge in [-0.25, -0.2) is 21.6 Å². The van der Waals surface area contributed by atoms with E-state index in [1.807, 2.05) is 6.92 Å². The first-order chi connectivity index (χ1) is 15.1. The smallest absolute Gasteiger partial charge is 0.243 e. The molecule has 1 heterocycles. The number of amides is 1. The predicted molar refractivity (Wildman–Crippen MR) is 125 cm³/mol. The molecule has 3 rings (SSSR count). The van der Waals surface area contributed by atoms with Crippen molar-refractivity contribution in [3.8, 4) is 0 Å². The molecule has 11 heteroatoms. The molecule has 174 valence electrons. The third-order valence-electron chi connectivity index (χ3n) is 5.32. The number of carbonyl (C=O) groups is 1. The first kappa shape index (κ1) is 24.8. The molecule has 8 nitrogen and oxygen atoms in total. The monoisotopic (exact) mass is 543 g/mol. The Balaban J connectivity index is 1.44. The zero-order valence-corrected chi connectivity index (χ0v) is 20.8. The third kappa shape index (κ3) is 6.16. The van der Waals surface area contributed by atoms with Crippen LogP contribution in [0, 0.1) is 12.8 Å². The van der Waals surface area contributed by atoms with Gasteiger partial charge >= 0.3 is 0 Å². The number of nitrogens with one attached hydrogen (secondary N) is 2. The second-order valence-corrected chi connectivity index (χ2v) is 12.3. The molecule has 0 atom stereocenters. The number of hydrogen-bond donors (Lipinski definition) is 2. The van der Waals surface area contributed by atoms with Crippen LogP contribution in [0.15, 0.2) is 62.8 Å². The van der Waals surface area contributed by atoms with Gasteiger partial charge in [0.15, 0.2) is 0 Å². The van der Waals surface area contributed by atoms with E-state index >= 15 is 0 Å². The molecule has 0 saturated carbocycles. The molecule has 1 aliphatic rings. The zero-order chi connectivity index (χ0) is 23.4. The molecular formula is C21H26BrN3O5S2. The number of aryl methyl sites for hydroxylation is 1. The second kappa shape index (κ2) is 10.4. The van der Waals surface area contributed by atoms with Crippen molar-refractivity contribution in [2.24, 2.45) is 5.92 Å². The molecule has 1 aliphatic heterocycles. The number of rotatable bonds is 8. The van der Waals surface area contributed by atoms with Crippen molar-refractivity contribution in [2.75, 3.05) is 26.2 Å². The molecule has 1 amide bonds. The number of nitrogens with zero attached hydrogens (tertiary/aromatic N) is 1. The predicted octanol–water partition coefficient (Wildman–Crippen LogP) is 2.25. The van der Waals surface area contributed by atoms with Crippen LogP contribution < -0.4 is 10.0 Å². The lowest BCUT2D eigenvalue weighted by Gasteiger charge is -2.30. The molecule has 2 N–H and O–H groups in total. The summed E-state index contributed by atoms with van der Waals surface area (Å²) >= 11 is 3.29. The molecule has 0 spiro atoms. The van der Waals surface area contributed by atoms with Crippen LogP contribution in [0.2, 0.25) is 0 Å². The molecule has 1 fully saturated rings. The van der Waals surface area contributed by atoms with Gasteiger partial charge in [-0.15, -0.1) is 0 Å². The van der Waals surface area contributed by atoms with Crippen LogP contribution in [0.4, 0.5) is 0 Å². The normalized spacial score (nSPS) is 16.1. The minimum Gasteiger partial charge on any atom is -0.355 e. The number of hydrogen-bond acceptors (Lipinski definition) is 5. The highest BCUT2D eigenvalue weighted by atomic mass is 79.9. The van der Waals surface area contributed by atoms with Crippen LogP contribution in [0.3, 0.4) is 0 Å². The Kier molecular flexibility index (Phi) is 8.10. The molecular weight excluding hydrogens is 518 g/mol. The standard InChI is InChI=1S/C21H26BrN3O5S2/c1-16-2-6-19(7-3-16)31(27,28)24-13-12-23-21(26)17-10-14-25(15-11-17)32(29,30)20-8-4-18(22)5-9-20/h2-9,17,24H,10-15H2,1H3,(H,23,26). The first-order valence-electron chi connectivity index (χ1n) is 10.2. The average Bonchev–Trinajstić information content (AvgIpc) is 2.77. The molecule has 32 heavy (non-hydrogen) atoms. The van der Waals surface area contributed by atoms with Crippen molar-refractivity contribution in [2.45, 2.75) is 29.6 Å².